The second kappa shape index (κ2) is 8.45. The van der Waals surface area contributed by atoms with Crippen molar-refractivity contribution in [3.8, 4) is 0 Å². The van der Waals surface area contributed by atoms with Crippen LogP contribution in [-0.4, -0.2) is 27.7 Å². The van der Waals surface area contributed by atoms with Crippen LogP contribution < -0.4 is 5.32 Å². The first kappa shape index (κ1) is 17.9. The van der Waals surface area contributed by atoms with E-state index >= 15 is 0 Å². The minimum Gasteiger partial charge on any atom is -0.350 e. The van der Waals surface area contributed by atoms with Crippen molar-refractivity contribution in [2.24, 2.45) is 0 Å². The molecule has 126 valence electrons. The molecular weight excluding hydrogens is 326 g/mol. The molecule has 2 aromatic rings. The summed E-state index contributed by atoms with van der Waals surface area (Å²) in [6.45, 7) is 3.91. The fourth-order valence-corrected chi connectivity index (χ4v) is 2.41. The third-order valence-corrected chi connectivity index (χ3v) is 3.96. The van der Waals surface area contributed by atoms with Gasteiger partial charge in [0.2, 0.25) is 11.8 Å². The van der Waals surface area contributed by atoms with Crippen LogP contribution in [0.3, 0.4) is 0 Å². The van der Waals surface area contributed by atoms with Crippen molar-refractivity contribution in [1.82, 2.24) is 15.2 Å². The van der Waals surface area contributed by atoms with Gasteiger partial charge in [-0.05, 0) is 36.2 Å². The SMILES string of the molecule is CC(=O)N(Cc1ccc(Cl)cc1)[C@H](C)C(=O)NCc1cccnc1. The van der Waals surface area contributed by atoms with Crippen LogP contribution in [0.25, 0.3) is 0 Å². The number of nitrogens with zero attached hydrogens (tertiary/aromatic N) is 2. The topological polar surface area (TPSA) is 62.3 Å². The van der Waals surface area contributed by atoms with E-state index in [1.807, 2.05) is 24.3 Å². The predicted octanol–water partition coefficient (Wildman–Crippen LogP) is 2.79. The lowest BCUT2D eigenvalue weighted by atomic mass is 10.1. The Hall–Kier alpha value is -2.40. The number of aromatic nitrogens is 1. The Balaban J connectivity index is 1.99. The molecule has 0 bridgehead atoms. The van der Waals surface area contributed by atoms with E-state index < -0.39 is 6.04 Å². The van der Waals surface area contributed by atoms with Gasteiger partial charge < -0.3 is 10.2 Å². The maximum absolute atomic E-state index is 12.4. The Kier molecular flexibility index (Phi) is 6.32. The van der Waals surface area contributed by atoms with Crippen molar-refractivity contribution in [1.29, 1.82) is 0 Å². The summed E-state index contributed by atoms with van der Waals surface area (Å²) in [4.78, 5) is 29.8. The number of nitrogens with one attached hydrogen (secondary N) is 1. The average molecular weight is 346 g/mol. The molecule has 2 rings (SSSR count). The van der Waals surface area contributed by atoms with Crippen molar-refractivity contribution in [3.05, 3.63) is 64.9 Å². The maximum Gasteiger partial charge on any atom is 0.242 e. The van der Waals surface area contributed by atoms with E-state index in [1.54, 1.807) is 31.5 Å². The Morgan fingerprint density at radius 3 is 2.50 bits per heavy atom. The monoisotopic (exact) mass is 345 g/mol. The summed E-state index contributed by atoms with van der Waals surface area (Å²) < 4.78 is 0. The van der Waals surface area contributed by atoms with E-state index in [0.717, 1.165) is 11.1 Å². The highest BCUT2D eigenvalue weighted by Crippen LogP contribution is 2.13. The number of carbonyl (C=O) groups excluding carboxylic acids is 2. The fraction of sp³-hybridized carbons (Fsp3) is 0.278. The quantitative estimate of drug-likeness (QED) is 0.875. The third kappa shape index (κ3) is 5.06. The molecular formula is C18H20ClN3O2. The van der Waals surface area contributed by atoms with Crippen LogP contribution in [0, 0.1) is 0 Å². The number of amides is 2. The number of rotatable bonds is 6. The van der Waals surface area contributed by atoms with Crippen molar-refractivity contribution in [3.63, 3.8) is 0 Å². The van der Waals surface area contributed by atoms with Gasteiger partial charge in [-0.2, -0.15) is 0 Å². The second-order valence-corrected chi connectivity index (χ2v) is 5.96. The van der Waals surface area contributed by atoms with Gasteiger partial charge in [0.1, 0.15) is 6.04 Å². The first-order valence-corrected chi connectivity index (χ1v) is 8.03. The molecule has 1 atom stereocenters. The van der Waals surface area contributed by atoms with Crippen molar-refractivity contribution in [2.45, 2.75) is 33.0 Å². The standard InChI is InChI=1S/C18H20ClN3O2/c1-13(18(24)21-11-16-4-3-9-20-10-16)22(14(2)23)12-15-5-7-17(19)8-6-15/h3-10,13H,11-12H2,1-2H3,(H,21,24)/t13-/m1/s1. The smallest absolute Gasteiger partial charge is 0.242 e. The molecule has 2 amide bonds. The first-order valence-electron chi connectivity index (χ1n) is 7.65. The lowest BCUT2D eigenvalue weighted by molar-refractivity contribution is -0.139. The molecule has 0 spiro atoms. The van der Waals surface area contributed by atoms with Crippen molar-refractivity contribution >= 4 is 23.4 Å². The molecule has 0 unspecified atom stereocenters. The molecule has 1 aromatic carbocycles. The molecule has 0 fully saturated rings. The molecule has 24 heavy (non-hydrogen) atoms. The summed E-state index contributed by atoms with van der Waals surface area (Å²) in [5.74, 6) is -0.364. The van der Waals surface area contributed by atoms with Gasteiger partial charge in [0, 0.05) is 37.4 Å². The molecule has 5 nitrogen and oxygen atoms in total. The minimum atomic E-state index is -0.574. The molecule has 1 heterocycles. The van der Waals surface area contributed by atoms with Crippen molar-refractivity contribution in [2.75, 3.05) is 0 Å². The molecule has 0 aliphatic heterocycles. The Bertz CT molecular complexity index is 689. The summed E-state index contributed by atoms with van der Waals surface area (Å²) in [6, 6.07) is 10.3. The number of benzene rings is 1. The van der Waals surface area contributed by atoms with E-state index in [1.165, 1.54) is 11.8 Å². The van der Waals surface area contributed by atoms with E-state index in [2.05, 4.69) is 10.3 Å². The van der Waals surface area contributed by atoms with E-state index in [-0.39, 0.29) is 11.8 Å². The zero-order valence-electron chi connectivity index (χ0n) is 13.7. The Morgan fingerprint density at radius 2 is 1.92 bits per heavy atom. The van der Waals surface area contributed by atoms with Crippen LogP contribution in [0.2, 0.25) is 5.02 Å². The van der Waals surface area contributed by atoms with Crippen LogP contribution >= 0.6 is 11.6 Å². The molecule has 1 N–H and O–H groups in total. The highest BCUT2D eigenvalue weighted by Gasteiger charge is 2.23. The van der Waals surface area contributed by atoms with Crippen LogP contribution in [0.15, 0.2) is 48.8 Å². The Morgan fingerprint density at radius 1 is 1.21 bits per heavy atom. The number of hydrogen-bond donors (Lipinski definition) is 1. The summed E-state index contributed by atoms with van der Waals surface area (Å²) in [5.41, 5.74) is 1.83. The Labute approximate surface area is 146 Å². The van der Waals surface area contributed by atoms with Gasteiger partial charge in [-0.15, -0.1) is 0 Å². The van der Waals surface area contributed by atoms with Gasteiger partial charge in [-0.1, -0.05) is 29.8 Å². The average Bonchev–Trinajstić information content (AvgIpc) is 2.59. The van der Waals surface area contributed by atoms with E-state index in [4.69, 9.17) is 11.6 Å². The second-order valence-electron chi connectivity index (χ2n) is 5.53. The highest BCUT2D eigenvalue weighted by atomic mass is 35.5. The summed E-state index contributed by atoms with van der Waals surface area (Å²) in [6.07, 6.45) is 3.37. The molecule has 0 aliphatic carbocycles. The zero-order valence-corrected chi connectivity index (χ0v) is 14.5. The van der Waals surface area contributed by atoms with Crippen molar-refractivity contribution < 1.29 is 9.59 Å². The van der Waals surface area contributed by atoms with Crippen LogP contribution in [0.5, 0.6) is 0 Å². The molecule has 0 saturated carbocycles. The van der Waals surface area contributed by atoms with Gasteiger partial charge in [0.15, 0.2) is 0 Å². The predicted molar refractivity (Wildman–Crippen MR) is 93.2 cm³/mol. The van der Waals surface area contributed by atoms with Gasteiger partial charge in [0.25, 0.3) is 0 Å². The van der Waals surface area contributed by atoms with E-state index in [9.17, 15) is 9.59 Å². The fourth-order valence-electron chi connectivity index (χ4n) is 2.29. The van der Waals surface area contributed by atoms with Gasteiger partial charge in [-0.25, -0.2) is 0 Å². The third-order valence-electron chi connectivity index (χ3n) is 3.71. The lowest BCUT2D eigenvalue weighted by Crippen LogP contribution is -2.46. The highest BCUT2D eigenvalue weighted by molar-refractivity contribution is 6.30. The van der Waals surface area contributed by atoms with Gasteiger partial charge >= 0.3 is 0 Å². The molecule has 6 heteroatoms. The number of pyridine rings is 1. The summed E-state index contributed by atoms with van der Waals surface area (Å²) in [5, 5.41) is 3.47. The number of halogens is 1. The first-order chi connectivity index (χ1) is 11.5. The van der Waals surface area contributed by atoms with Crippen LogP contribution in [0.1, 0.15) is 25.0 Å². The minimum absolute atomic E-state index is 0.158. The summed E-state index contributed by atoms with van der Waals surface area (Å²) >= 11 is 5.87. The zero-order chi connectivity index (χ0) is 17.5. The maximum atomic E-state index is 12.4. The number of carbonyl (C=O) groups is 2. The van der Waals surface area contributed by atoms with Gasteiger partial charge in [-0.3, -0.25) is 14.6 Å². The molecule has 0 aliphatic rings. The largest absolute Gasteiger partial charge is 0.350 e. The van der Waals surface area contributed by atoms with E-state index in [0.29, 0.717) is 18.1 Å². The molecule has 0 radical (unpaired) electrons. The molecule has 1 aromatic heterocycles. The van der Waals surface area contributed by atoms with Crippen LogP contribution in [-0.2, 0) is 22.7 Å². The van der Waals surface area contributed by atoms with Gasteiger partial charge in [0.05, 0.1) is 0 Å². The normalized spacial score (nSPS) is 11.6. The van der Waals surface area contributed by atoms with Crippen LogP contribution in [0.4, 0.5) is 0 Å². The molecule has 0 saturated heterocycles. The number of hydrogen-bond acceptors (Lipinski definition) is 3. The summed E-state index contributed by atoms with van der Waals surface area (Å²) in [7, 11) is 0. The lowest BCUT2D eigenvalue weighted by Gasteiger charge is -2.27.